The maximum absolute atomic E-state index is 11.0. The quantitative estimate of drug-likeness (QED) is 0.191. The van der Waals surface area contributed by atoms with Crippen molar-refractivity contribution in [2.75, 3.05) is 7.11 Å². The Bertz CT molecular complexity index is 1160. The third kappa shape index (κ3) is 23.1. The van der Waals surface area contributed by atoms with Crippen LogP contribution in [0.5, 0.6) is 0 Å². The van der Waals surface area contributed by atoms with E-state index in [1.165, 1.54) is 132 Å². The second kappa shape index (κ2) is 37.1. The molecule has 3 aliphatic carbocycles. The lowest BCUT2D eigenvalue weighted by Crippen LogP contribution is -2.16. The molecule has 2 fully saturated rings. The van der Waals surface area contributed by atoms with Gasteiger partial charge < -0.3 is 4.74 Å². The largest absolute Gasteiger partial charge is 0.465 e. The van der Waals surface area contributed by atoms with E-state index in [-0.39, 0.29) is 5.97 Å². The molecular weight excluding hydrogens is 657 g/mol. The van der Waals surface area contributed by atoms with Crippen LogP contribution in [0.2, 0.25) is 0 Å². The lowest BCUT2D eigenvalue weighted by atomic mass is 9.78. The highest BCUT2D eigenvalue weighted by Crippen LogP contribution is 2.35. The Kier molecular flexibility index (Phi) is 36.5. The van der Waals surface area contributed by atoms with E-state index in [9.17, 15) is 4.79 Å². The molecule has 2 saturated carbocycles. The molecule has 2 nitrogen and oxygen atoms in total. The standard InChI is InChI=1S/C13H10.C12H24.C10H20.C9H10O2.4C2H6/c1-3-7-12-10(5-1)9-11-6-2-4-8-13(11)12;1-2-4-6-8-10-12-11-9-7-5-3-1;1-8(2)10-6-4-9(3)5-7-10;1-7-5-3-4-6-8(7)9(10)11-2;4*1-2/h1-8H,9H2;1-12H2;8-10H,4-7H2,1-3H3;3-6H,1-2H3;4*1-2H3. The van der Waals surface area contributed by atoms with Gasteiger partial charge in [0.05, 0.1) is 12.7 Å². The van der Waals surface area contributed by atoms with E-state index in [1.807, 2.05) is 80.5 Å². The van der Waals surface area contributed by atoms with Crippen LogP contribution in [0.4, 0.5) is 0 Å². The molecule has 0 radical (unpaired) electrons. The van der Waals surface area contributed by atoms with E-state index in [0.717, 1.165) is 29.7 Å². The predicted octanol–water partition coefficient (Wildman–Crippen LogP) is 17.3. The smallest absolute Gasteiger partial charge is 0.338 e. The summed E-state index contributed by atoms with van der Waals surface area (Å²) in [4.78, 5) is 11.0. The first-order valence-electron chi connectivity index (χ1n) is 22.7. The Morgan fingerprint density at radius 3 is 1.20 bits per heavy atom. The molecule has 0 N–H and O–H groups in total. The summed E-state index contributed by atoms with van der Waals surface area (Å²) in [7, 11) is 1.38. The summed E-state index contributed by atoms with van der Waals surface area (Å²) < 4.78 is 4.58. The van der Waals surface area contributed by atoms with Crippen molar-refractivity contribution in [2.24, 2.45) is 17.8 Å². The summed E-state index contributed by atoms with van der Waals surface area (Å²) in [6.07, 6.45) is 25.0. The number of rotatable bonds is 2. The second-order valence-corrected chi connectivity index (χ2v) is 14.3. The number of benzene rings is 3. The van der Waals surface area contributed by atoms with Crippen molar-refractivity contribution in [2.45, 2.75) is 192 Å². The van der Waals surface area contributed by atoms with Gasteiger partial charge in [0, 0.05) is 0 Å². The Labute approximate surface area is 337 Å². The molecule has 0 aliphatic heterocycles. The summed E-state index contributed by atoms with van der Waals surface area (Å²) in [6.45, 7) is 25.0. The molecule has 54 heavy (non-hydrogen) atoms. The van der Waals surface area contributed by atoms with Gasteiger partial charge in [0.25, 0.3) is 0 Å². The molecule has 0 spiro atoms. The molecule has 3 aromatic carbocycles. The maximum Gasteiger partial charge on any atom is 0.338 e. The molecule has 3 aromatic rings. The number of hydrogen-bond acceptors (Lipinski definition) is 2. The predicted molar refractivity (Wildman–Crippen MR) is 244 cm³/mol. The molecule has 3 aliphatic rings. The van der Waals surface area contributed by atoms with E-state index < -0.39 is 0 Å². The molecule has 0 unspecified atom stereocenters. The highest BCUT2D eigenvalue weighted by Gasteiger charge is 2.20. The average molecular weight is 745 g/mol. The van der Waals surface area contributed by atoms with Crippen LogP contribution in [0, 0.1) is 24.7 Å². The van der Waals surface area contributed by atoms with Crippen LogP contribution in [0.25, 0.3) is 11.1 Å². The first-order chi connectivity index (χ1) is 26.4. The van der Waals surface area contributed by atoms with Crippen LogP contribution in [0.3, 0.4) is 0 Å². The van der Waals surface area contributed by atoms with Crippen molar-refractivity contribution in [3.05, 3.63) is 95.1 Å². The van der Waals surface area contributed by atoms with Gasteiger partial charge in [-0.05, 0) is 77.8 Å². The minimum absolute atomic E-state index is 0.275. The number of carbonyl (C=O) groups excluding carboxylic acids is 1. The fourth-order valence-electron chi connectivity index (χ4n) is 7.07. The van der Waals surface area contributed by atoms with Gasteiger partial charge in [-0.2, -0.15) is 0 Å². The summed E-state index contributed by atoms with van der Waals surface area (Å²) in [5.74, 6) is 2.70. The molecule has 0 atom stereocenters. The number of aryl methyl sites for hydroxylation is 1. The van der Waals surface area contributed by atoms with Gasteiger partial charge in [-0.3, -0.25) is 0 Å². The van der Waals surface area contributed by atoms with Crippen molar-refractivity contribution in [3.63, 3.8) is 0 Å². The van der Waals surface area contributed by atoms with Crippen molar-refractivity contribution in [3.8, 4) is 11.1 Å². The Morgan fingerprint density at radius 1 is 0.537 bits per heavy atom. The number of hydrogen-bond donors (Lipinski definition) is 0. The summed E-state index contributed by atoms with van der Waals surface area (Å²) >= 11 is 0. The molecule has 0 bridgehead atoms. The third-order valence-corrected chi connectivity index (χ3v) is 10.3. The van der Waals surface area contributed by atoms with Crippen LogP contribution in [0.1, 0.15) is 206 Å². The van der Waals surface area contributed by atoms with E-state index in [2.05, 4.69) is 74.0 Å². The van der Waals surface area contributed by atoms with Gasteiger partial charge in [-0.1, -0.05) is 233 Å². The number of carbonyl (C=O) groups is 1. The van der Waals surface area contributed by atoms with E-state index >= 15 is 0 Å². The van der Waals surface area contributed by atoms with Crippen LogP contribution in [-0.2, 0) is 11.2 Å². The number of esters is 1. The molecule has 0 amide bonds. The van der Waals surface area contributed by atoms with Crippen molar-refractivity contribution < 1.29 is 9.53 Å². The third-order valence-electron chi connectivity index (χ3n) is 10.3. The minimum atomic E-state index is -0.275. The number of methoxy groups -OCH3 is 1. The SMILES string of the molecule is C1CCCCCCCCCCC1.CC.CC.CC.CC.CC1CCC(C(C)C)CC1.COC(=O)c1ccccc1C.c1ccc2c(c1)Cc1ccccc1-2. The zero-order valence-electron chi connectivity index (χ0n) is 38.0. The number of fused-ring (bicyclic) bond motifs is 3. The lowest BCUT2D eigenvalue weighted by Gasteiger charge is -2.28. The first kappa shape index (κ1) is 53.2. The Morgan fingerprint density at radius 2 is 0.870 bits per heavy atom. The summed E-state index contributed by atoms with van der Waals surface area (Å²) in [5, 5.41) is 0. The highest BCUT2D eigenvalue weighted by atomic mass is 16.5. The molecule has 308 valence electrons. The van der Waals surface area contributed by atoms with Crippen LogP contribution < -0.4 is 0 Å². The monoisotopic (exact) mass is 745 g/mol. The highest BCUT2D eigenvalue weighted by molar-refractivity contribution is 5.90. The van der Waals surface area contributed by atoms with Gasteiger partial charge in [-0.25, -0.2) is 4.79 Å². The lowest BCUT2D eigenvalue weighted by molar-refractivity contribution is 0.0600. The molecule has 0 aromatic heterocycles. The molecule has 0 heterocycles. The van der Waals surface area contributed by atoms with Gasteiger partial charge in [0.2, 0.25) is 0 Å². The van der Waals surface area contributed by atoms with Crippen molar-refractivity contribution >= 4 is 5.97 Å². The van der Waals surface area contributed by atoms with Crippen LogP contribution in [-0.4, -0.2) is 13.1 Å². The van der Waals surface area contributed by atoms with Gasteiger partial charge in [-0.15, -0.1) is 0 Å². The minimum Gasteiger partial charge on any atom is -0.465 e. The zero-order chi connectivity index (χ0) is 41.0. The Balaban J connectivity index is 0. The van der Waals surface area contributed by atoms with Crippen molar-refractivity contribution in [1.82, 2.24) is 0 Å². The molecule has 0 saturated heterocycles. The van der Waals surface area contributed by atoms with Crippen LogP contribution >= 0.6 is 0 Å². The normalized spacial score (nSPS) is 17.1. The summed E-state index contributed by atoms with van der Waals surface area (Å²) in [6, 6.07) is 24.7. The summed E-state index contributed by atoms with van der Waals surface area (Å²) in [5.41, 5.74) is 7.33. The maximum atomic E-state index is 11.0. The fraction of sp³-hybridized carbons (Fsp3) is 0.635. The first-order valence-corrected chi connectivity index (χ1v) is 22.7. The topological polar surface area (TPSA) is 26.3 Å². The van der Waals surface area contributed by atoms with E-state index in [0.29, 0.717) is 5.56 Å². The van der Waals surface area contributed by atoms with Gasteiger partial charge in [0.15, 0.2) is 0 Å². The van der Waals surface area contributed by atoms with Gasteiger partial charge >= 0.3 is 5.97 Å². The number of ether oxygens (including phenoxy) is 1. The van der Waals surface area contributed by atoms with E-state index in [1.54, 1.807) is 6.07 Å². The van der Waals surface area contributed by atoms with Gasteiger partial charge in [0.1, 0.15) is 0 Å². The van der Waals surface area contributed by atoms with E-state index in [4.69, 9.17) is 0 Å². The van der Waals surface area contributed by atoms with Crippen LogP contribution in [0.15, 0.2) is 72.8 Å². The zero-order valence-corrected chi connectivity index (χ0v) is 38.0. The fourth-order valence-corrected chi connectivity index (χ4v) is 7.07. The molecular formula is C52H88O2. The second-order valence-electron chi connectivity index (χ2n) is 14.3. The molecule has 2 heteroatoms. The average Bonchev–Trinajstić information content (AvgIpc) is 3.61. The Hall–Kier alpha value is -2.87. The molecule has 6 rings (SSSR count). The van der Waals surface area contributed by atoms with Crippen molar-refractivity contribution in [1.29, 1.82) is 0 Å².